The molecule has 1 N–H and O–H groups in total. The maximum Gasteiger partial charge on any atom is 0.105 e. The van der Waals surface area contributed by atoms with Gasteiger partial charge in [0.15, 0.2) is 0 Å². The molecule has 0 spiro atoms. The van der Waals surface area contributed by atoms with E-state index in [1.54, 1.807) is 6.26 Å². The van der Waals surface area contributed by atoms with Gasteiger partial charge in [0.2, 0.25) is 0 Å². The van der Waals surface area contributed by atoms with Crippen molar-refractivity contribution in [3.05, 3.63) is 23.7 Å². The fourth-order valence-electron chi connectivity index (χ4n) is 3.15. The van der Waals surface area contributed by atoms with Gasteiger partial charge in [-0.3, -0.25) is 0 Å². The Balaban J connectivity index is 2.13. The molecule has 1 aromatic rings. The lowest BCUT2D eigenvalue weighted by Crippen LogP contribution is -2.29. The topological polar surface area (TPSA) is 25.2 Å². The number of aryl methyl sites for hydroxylation is 1. The van der Waals surface area contributed by atoms with Crippen LogP contribution in [0.4, 0.5) is 0 Å². The Kier molecular flexibility index (Phi) is 3.70. The molecule has 1 fully saturated rings. The highest BCUT2D eigenvalue weighted by atomic mass is 16.3. The number of furan rings is 1. The van der Waals surface area contributed by atoms with E-state index >= 15 is 0 Å². The molecule has 0 saturated heterocycles. The van der Waals surface area contributed by atoms with E-state index in [1.807, 2.05) is 0 Å². The molecule has 1 heterocycles. The number of hydrogen-bond donors (Lipinski definition) is 1. The average Bonchev–Trinajstić information content (AvgIpc) is 2.67. The van der Waals surface area contributed by atoms with E-state index in [0.717, 1.165) is 17.6 Å². The quantitative estimate of drug-likeness (QED) is 0.842. The van der Waals surface area contributed by atoms with Crippen LogP contribution in [0, 0.1) is 18.8 Å². The predicted octanol–water partition coefficient (Wildman–Crippen LogP) is 3.67. The zero-order valence-electron chi connectivity index (χ0n) is 10.6. The number of nitrogens with one attached hydrogen (secondary N) is 1. The lowest BCUT2D eigenvalue weighted by atomic mass is 9.77. The van der Waals surface area contributed by atoms with Gasteiger partial charge in [-0.15, -0.1) is 0 Å². The van der Waals surface area contributed by atoms with Crippen molar-refractivity contribution in [2.45, 2.75) is 45.6 Å². The van der Waals surface area contributed by atoms with Crippen LogP contribution in [0.15, 0.2) is 16.7 Å². The van der Waals surface area contributed by atoms with Gasteiger partial charge >= 0.3 is 0 Å². The summed E-state index contributed by atoms with van der Waals surface area (Å²) in [6, 6.07) is 2.59. The maximum atomic E-state index is 5.42. The molecular weight excluding hydrogens is 198 g/mol. The highest BCUT2D eigenvalue weighted by Gasteiger charge is 2.28. The van der Waals surface area contributed by atoms with E-state index in [-0.39, 0.29) is 0 Å². The molecule has 2 rings (SSSR count). The van der Waals surface area contributed by atoms with Crippen LogP contribution in [-0.4, -0.2) is 7.05 Å². The minimum Gasteiger partial charge on any atom is -0.469 e. The van der Waals surface area contributed by atoms with E-state index in [1.165, 1.54) is 31.2 Å². The first-order valence-electron chi connectivity index (χ1n) is 6.43. The van der Waals surface area contributed by atoms with Crippen LogP contribution in [0.25, 0.3) is 0 Å². The SMILES string of the molecule is CNC(c1ccoc1C)C1CCCC(C)C1. The van der Waals surface area contributed by atoms with E-state index < -0.39 is 0 Å². The molecule has 16 heavy (non-hydrogen) atoms. The largest absolute Gasteiger partial charge is 0.469 e. The normalized spacial score (nSPS) is 27.9. The Morgan fingerprint density at radius 2 is 2.25 bits per heavy atom. The fourth-order valence-corrected chi connectivity index (χ4v) is 3.15. The molecular formula is C14H23NO. The van der Waals surface area contributed by atoms with Gasteiger partial charge in [0, 0.05) is 11.6 Å². The van der Waals surface area contributed by atoms with Crippen molar-refractivity contribution in [2.75, 3.05) is 7.05 Å². The molecule has 90 valence electrons. The molecule has 0 aromatic carbocycles. The molecule has 1 aliphatic rings. The van der Waals surface area contributed by atoms with Gasteiger partial charge < -0.3 is 9.73 Å². The second-order valence-corrected chi connectivity index (χ2v) is 5.23. The third kappa shape index (κ3) is 2.32. The fraction of sp³-hybridized carbons (Fsp3) is 0.714. The monoisotopic (exact) mass is 221 g/mol. The van der Waals surface area contributed by atoms with E-state index in [2.05, 4.69) is 32.3 Å². The molecule has 2 heteroatoms. The molecule has 0 radical (unpaired) electrons. The Bertz CT molecular complexity index is 331. The van der Waals surface area contributed by atoms with E-state index in [0.29, 0.717) is 6.04 Å². The van der Waals surface area contributed by atoms with Crippen LogP contribution >= 0.6 is 0 Å². The molecule has 0 bridgehead atoms. The van der Waals surface area contributed by atoms with Gasteiger partial charge in [0.1, 0.15) is 5.76 Å². The summed E-state index contributed by atoms with van der Waals surface area (Å²) in [5.74, 6) is 2.71. The van der Waals surface area contributed by atoms with Crippen molar-refractivity contribution in [3.8, 4) is 0 Å². The van der Waals surface area contributed by atoms with Crippen molar-refractivity contribution < 1.29 is 4.42 Å². The van der Waals surface area contributed by atoms with Gasteiger partial charge in [0.25, 0.3) is 0 Å². The average molecular weight is 221 g/mol. The predicted molar refractivity (Wildman–Crippen MR) is 66.4 cm³/mol. The summed E-state index contributed by atoms with van der Waals surface area (Å²) in [5, 5.41) is 3.48. The van der Waals surface area contributed by atoms with Crippen molar-refractivity contribution in [1.82, 2.24) is 5.32 Å². The zero-order chi connectivity index (χ0) is 11.5. The van der Waals surface area contributed by atoms with Crippen molar-refractivity contribution in [3.63, 3.8) is 0 Å². The van der Waals surface area contributed by atoms with E-state index in [9.17, 15) is 0 Å². The summed E-state index contributed by atoms with van der Waals surface area (Å²) in [7, 11) is 2.07. The Labute approximate surface area is 98.4 Å². The van der Waals surface area contributed by atoms with Crippen molar-refractivity contribution in [2.24, 2.45) is 11.8 Å². The molecule has 2 nitrogen and oxygen atoms in total. The molecule has 3 atom stereocenters. The second-order valence-electron chi connectivity index (χ2n) is 5.23. The summed E-state index contributed by atoms with van der Waals surface area (Å²) in [4.78, 5) is 0. The maximum absolute atomic E-state index is 5.42. The van der Waals surface area contributed by atoms with Gasteiger partial charge in [0.05, 0.1) is 6.26 Å². The molecule has 1 aliphatic carbocycles. The van der Waals surface area contributed by atoms with Gasteiger partial charge in [-0.25, -0.2) is 0 Å². The Morgan fingerprint density at radius 3 is 2.81 bits per heavy atom. The first-order valence-corrected chi connectivity index (χ1v) is 6.43. The second kappa shape index (κ2) is 5.05. The third-order valence-electron chi connectivity index (χ3n) is 3.99. The third-order valence-corrected chi connectivity index (χ3v) is 3.99. The first-order chi connectivity index (χ1) is 7.72. The minimum atomic E-state index is 0.474. The Morgan fingerprint density at radius 1 is 1.44 bits per heavy atom. The minimum absolute atomic E-state index is 0.474. The summed E-state index contributed by atoms with van der Waals surface area (Å²) in [5.41, 5.74) is 1.35. The first kappa shape index (κ1) is 11.7. The highest BCUT2D eigenvalue weighted by molar-refractivity contribution is 5.21. The molecule has 3 unspecified atom stereocenters. The molecule has 0 aliphatic heterocycles. The van der Waals surface area contributed by atoms with Crippen LogP contribution in [-0.2, 0) is 0 Å². The van der Waals surface area contributed by atoms with Gasteiger partial charge in [-0.2, -0.15) is 0 Å². The van der Waals surface area contributed by atoms with Crippen LogP contribution in [0.2, 0.25) is 0 Å². The molecule has 1 saturated carbocycles. The lowest BCUT2D eigenvalue weighted by Gasteiger charge is -2.33. The summed E-state index contributed by atoms with van der Waals surface area (Å²) >= 11 is 0. The summed E-state index contributed by atoms with van der Waals surface area (Å²) < 4.78 is 5.42. The lowest BCUT2D eigenvalue weighted by molar-refractivity contribution is 0.228. The molecule has 1 aromatic heterocycles. The summed E-state index contributed by atoms with van der Waals surface area (Å²) in [6.07, 6.45) is 7.27. The van der Waals surface area contributed by atoms with Gasteiger partial charge in [-0.1, -0.05) is 19.8 Å². The number of hydrogen-bond acceptors (Lipinski definition) is 2. The zero-order valence-corrected chi connectivity index (χ0v) is 10.6. The van der Waals surface area contributed by atoms with Crippen LogP contribution in [0.1, 0.15) is 50.0 Å². The summed E-state index contributed by atoms with van der Waals surface area (Å²) in [6.45, 7) is 4.44. The van der Waals surface area contributed by atoms with E-state index in [4.69, 9.17) is 4.42 Å². The Hall–Kier alpha value is -0.760. The van der Waals surface area contributed by atoms with Crippen molar-refractivity contribution in [1.29, 1.82) is 0 Å². The number of rotatable bonds is 3. The highest BCUT2D eigenvalue weighted by Crippen LogP contribution is 2.37. The van der Waals surface area contributed by atoms with Crippen molar-refractivity contribution >= 4 is 0 Å². The van der Waals surface area contributed by atoms with Crippen LogP contribution in [0.3, 0.4) is 0 Å². The molecule has 0 amide bonds. The van der Waals surface area contributed by atoms with Crippen LogP contribution < -0.4 is 5.32 Å². The van der Waals surface area contributed by atoms with Crippen LogP contribution in [0.5, 0.6) is 0 Å². The van der Waals surface area contributed by atoms with Gasteiger partial charge in [-0.05, 0) is 44.7 Å². The smallest absolute Gasteiger partial charge is 0.105 e. The standard InChI is InChI=1S/C14H23NO/c1-10-5-4-6-12(9-10)14(15-3)13-7-8-16-11(13)2/h7-8,10,12,14-15H,4-6,9H2,1-3H3.